The molecule has 3 rings (SSSR count). The first kappa shape index (κ1) is 22.9. The molecule has 2 N–H and O–H groups in total. The molecule has 2 aromatic carbocycles. The molecule has 0 saturated carbocycles. The van der Waals surface area contributed by atoms with E-state index < -0.39 is 5.97 Å². The molecular weight excluding hydrogens is 430 g/mol. The molecular formula is C22H23N5O4S. The van der Waals surface area contributed by atoms with Gasteiger partial charge < -0.3 is 19.9 Å². The maximum Gasteiger partial charge on any atom is 0.337 e. The second-order valence-electron chi connectivity index (χ2n) is 7.03. The molecule has 166 valence electrons. The van der Waals surface area contributed by atoms with Crippen molar-refractivity contribution in [3.8, 4) is 0 Å². The van der Waals surface area contributed by atoms with Gasteiger partial charge in [-0.25, -0.2) is 9.48 Å². The van der Waals surface area contributed by atoms with Gasteiger partial charge in [0.15, 0.2) is 10.6 Å². The Morgan fingerprint density at radius 2 is 1.78 bits per heavy atom. The molecule has 0 aliphatic rings. The number of aryl methyl sites for hydroxylation is 1. The van der Waals surface area contributed by atoms with Gasteiger partial charge in [-0.2, -0.15) is 5.10 Å². The smallest absolute Gasteiger partial charge is 0.337 e. The Balaban J connectivity index is 1.63. The molecule has 0 aliphatic heterocycles. The van der Waals surface area contributed by atoms with Crippen LogP contribution >= 0.6 is 12.2 Å². The van der Waals surface area contributed by atoms with Crippen molar-refractivity contribution >= 4 is 35.7 Å². The topological polar surface area (TPSA) is 107 Å². The Kier molecular flexibility index (Phi) is 7.16. The van der Waals surface area contributed by atoms with Crippen molar-refractivity contribution in [2.45, 2.75) is 20.0 Å². The van der Waals surface area contributed by atoms with Gasteiger partial charge in [0.25, 0.3) is 5.91 Å². The van der Waals surface area contributed by atoms with Gasteiger partial charge in [-0.15, -0.1) is 0 Å². The first-order valence-electron chi connectivity index (χ1n) is 9.75. The van der Waals surface area contributed by atoms with Gasteiger partial charge in [0.2, 0.25) is 5.91 Å². The summed E-state index contributed by atoms with van der Waals surface area (Å²) in [5, 5.41) is 9.93. The number of esters is 1. The van der Waals surface area contributed by atoms with Crippen LogP contribution in [0.4, 0.5) is 5.69 Å². The molecule has 1 aromatic heterocycles. The number of hydrogen-bond acceptors (Lipinski definition) is 6. The lowest BCUT2D eigenvalue weighted by Crippen LogP contribution is -2.25. The summed E-state index contributed by atoms with van der Waals surface area (Å²) in [6.45, 7) is 1.93. The van der Waals surface area contributed by atoms with Crippen LogP contribution < -0.4 is 10.6 Å². The van der Waals surface area contributed by atoms with Crippen LogP contribution in [0.1, 0.15) is 32.1 Å². The summed E-state index contributed by atoms with van der Waals surface area (Å²) in [6.07, 6.45) is 0. The number of benzene rings is 2. The second-order valence-corrected chi connectivity index (χ2v) is 7.40. The third-order valence-corrected chi connectivity index (χ3v) is 5.30. The number of amides is 2. The lowest BCUT2D eigenvalue weighted by molar-refractivity contribution is -0.116. The van der Waals surface area contributed by atoms with Gasteiger partial charge in [-0.05, 0) is 55.0 Å². The summed E-state index contributed by atoms with van der Waals surface area (Å²) in [5.74, 6) is -0.478. The summed E-state index contributed by atoms with van der Waals surface area (Å²) in [5.41, 5.74) is 2.37. The lowest BCUT2D eigenvalue weighted by atomic mass is 10.1. The van der Waals surface area contributed by atoms with Gasteiger partial charge in [0.05, 0.1) is 19.2 Å². The van der Waals surface area contributed by atoms with E-state index >= 15 is 0 Å². The van der Waals surface area contributed by atoms with E-state index in [2.05, 4.69) is 20.5 Å². The third kappa shape index (κ3) is 5.27. The van der Waals surface area contributed by atoms with Crippen molar-refractivity contribution in [1.82, 2.24) is 19.7 Å². The average molecular weight is 454 g/mol. The Hall–Kier alpha value is -3.79. The van der Waals surface area contributed by atoms with E-state index in [-0.39, 0.29) is 24.9 Å². The van der Waals surface area contributed by atoms with Gasteiger partial charge in [-0.1, -0.05) is 18.2 Å². The Morgan fingerprint density at radius 3 is 2.44 bits per heavy atom. The highest BCUT2D eigenvalue weighted by molar-refractivity contribution is 7.71. The van der Waals surface area contributed by atoms with E-state index in [1.165, 1.54) is 11.8 Å². The van der Waals surface area contributed by atoms with Gasteiger partial charge >= 0.3 is 5.97 Å². The number of methoxy groups -OCH3 is 1. The number of carbonyl (C=O) groups excluding carboxylic acids is 3. The molecule has 0 spiro atoms. The van der Waals surface area contributed by atoms with E-state index in [0.717, 1.165) is 5.56 Å². The normalized spacial score (nSPS) is 10.5. The van der Waals surface area contributed by atoms with Crippen LogP contribution in [0, 0.1) is 11.7 Å². The fraction of sp³-hybridized carbons (Fsp3) is 0.227. The summed E-state index contributed by atoms with van der Waals surface area (Å²) >= 11 is 5.37. The van der Waals surface area contributed by atoms with Crippen molar-refractivity contribution in [2.24, 2.45) is 7.05 Å². The molecule has 32 heavy (non-hydrogen) atoms. The van der Waals surface area contributed by atoms with Crippen molar-refractivity contribution in [3.63, 3.8) is 0 Å². The highest BCUT2D eigenvalue weighted by atomic mass is 32.1. The summed E-state index contributed by atoms with van der Waals surface area (Å²) in [6, 6.07) is 13.6. The third-order valence-electron chi connectivity index (χ3n) is 4.81. The fourth-order valence-corrected chi connectivity index (χ4v) is 3.23. The molecule has 9 nitrogen and oxygen atoms in total. The fourth-order valence-electron chi connectivity index (χ4n) is 3.02. The summed E-state index contributed by atoms with van der Waals surface area (Å²) in [7, 11) is 3.03. The van der Waals surface area contributed by atoms with Crippen LogP contribution in [0.25, 0.3) is 0 Å². The number of anilines is 1. The largest absolute Gasteiger partial charge is 0.465 e. The minimum Gasteiger partial charge on any atom is -0.465 e. The number of ether oxygens (including phenoxy) is 1. The van der Waals surface area contributed by atoms with Crippen molar-refractivity contribution in [1.29, 1.82) is 0 Å². The van der Waals surface area contributed by atoms with E-state index in [9.17, 15) is 14.4 Å². The number of hydrogen-bond donors (Lipinski definition) is 2. The van der Waals surface area contributed by atoms with Crippen LogP contribution in [0.15, 0.2) is 48.5 Å². The first-order valence-corrected chi connectivity index (χ1v) is 10.2. The standard InChI is InChI=1S/C22H23N5O4S/c1-14-6-4-5-7-17(14)20(29)23-12-18-25-27(22(32)26(18)2)13-19(28)24-16-10-8-15(9-11-16)21(30)31-3/h4-11H,12-13H2,1-3H3,(H,23,29)(H,24,28). The van der Waals surface area contributed by atoms with Gasteiger partial charge in [0, 0.05) is 18.3 Å². The Labute approximate surface area is 190 Å². The molecule has 10 heteroatoms. The van der Waals surface area contributed by atoms with Gasteiger partial charge in [0.1, 0.15) is 6.54 Å². The van der Waals surface area contributed by atoms with E-state index in [0.29, 0.717) is 27.4 Å². The quantitative estimate of drug-likeness (QED) is 0.421. The second kappa shape index (κ2) is 10.0. The van der Waals surface area contributed by atoms with Crippen LogP contribution in [-0.2, 0) is 29.7 Å². The zero-order valence-electron chi connectivity index (χ0n) is 17.9. The zero-order valence-corrected chi connectivity index (χ0v) is 18.7. The number of nitrogens with one attached hydrogen (secondary N) is 2. The molecule has 0 unspecified atom stereocenters. The minimum atomic E-state index is -0.454. The molecule has 3 aromatic rings. The Bertz CT molecular complexity index is 1210. The minimum absolute atomic E-state index is 0.100. The maximum absolute atomic E-state index is 12.4. The molecule has 0 radical (unpaired) electrons. The lowest BCUT2D eigenvalue weighted by Gasteiger charge is -2.07. The van der Waals surface area contributed by atoms with Crippen molar-refractivity contribution in [2.75, 3.05) is 12.4 Å². The highest BCUT2D eigenvalue weighted by Gasteiger charge is 2.14. The molecule has 0 fully saturated rings. The maximum atomic E-state index is 12.4. The molecule has 0 atom stereocenters. The molecule has 0 aliphatic carbocycles. The zero-order chi connectivity index (χ0) is 23.3. The average Bonchev–Trinajstić information content (AvgIpc) is 3.05. The van der Waals surface area contributed by atoms with Crippen LogP contribution in [0.3, 0.4) is 0 Å². The van der Waals surface area contributed by atoms with Crippen molar-refractivity contribution < 1.29 is 19.1 Å². The number of rotatable bonds is 7. The number of aromatic nitrogens is 3. The molecule has 0 saturated heterocycles. The highest BCUT2D eigenvalue weighted by Crippen LogP contribution is 2.11. The number of nitrogens with zero attached hydrogens (tertiary/aromatic N) is 3. The number of carbonyl (C=O) groups is 3. The molecule has 0 bridgehead atoms. The van der Waals surface area contributed by atoms with Crippen LogP contribution in [0.5, 0.6) is 0 Å². The van der Waals surface area contributed by atoms with E-state index in [4.69, 9.17) is 12.2 Å². The van der Waals surface area contributed by atoms with E-state index in [1.807, 2.05) is 19.1 Å². The predicted molar refractivity (Wildman–Crippen MR) is 121 cm³/mol. The van der Waals surface area contributed by atoms with Crippen molar-refractivity contribution in [3.05, 3.63) is 75.8 Å². The monoisotopic (exact) mass is 453 g/mol. The van der Waals surface area contributed by atoms with Crippen LogP contribution in [-0.4, -0.2) is 39.2 Å². The molecule has 2 amide bonds. The Morgan fingerprint density at radius 1 is 1.09 bits per heavy atom. The SMILES string of the molecule is COC(=O)c1ccc(NC(=O)Cn2nc(CNC(=O)c3ccccc3C)n(C)c2=S)cc1. The summed E-state index contributed by atoms with van der Waals surface area (Å²) < 4.78 is 8.04. The predicted octanol–water partition coefficient (Wildman–Crippen LogP) is 2.61. The molecule has 1 heterocycles. The first-order chi connectivity index (χ1) is 15.3. The van der Waals surface area contributed by atoms with Crippen LogP contribution in [0.2, 0.25) is 0 Å². The van der Waals surface area contributed by atoms with Gasteiger partial charge in [-0.3, -0.25) is 9.59 Å². The summed E-state index contributed by atoms with van der Waals surface area (Å²) in [4.78, 5) is 36.4. The van der Waals surface area contributed by atoms with E-state index in [1.54, 1.807) is 48.0 Å².